The van der Waals surface area contributed by atoms with Gasteiger partial charge in [0.2, 0.25) is 0 Å². The summed E-state index contributed by atoms with van der Waals surface area (Å²) in [6.45, 7) is 4.00. The third-order valence-corrected chi connectivity index (χ3v) is 4.90. The van der Waals surface area contributed by atoms with Crippen molar-refractivity contribution < 1.29 is 0 Å². The fourth-order valence-electron chi connectivity index (χ4n) is 4.01. The van der Waals surface area contributed by atoms with Crippen molar-refractivity contribution in [1.82, 2.24) is 9.97 Å². The first-order valence-electron chi connectivity index (χ1n) is 8.16. The lowest BCUT2D eigenvalue weighted by Crippen LogP contribution is -2.30. The fourth-order valence-corrected chi connectivity index (χ4v) is 4.01. The fraction of sp³-hybridized carbons (Fsp3) is 0.421. The summed E-state index contributed by atoms with van der Waals surface area (Å²) < 4.78 is 0. The van der Waals surface area contributed by atoms with E-state index in [-0.39, 0.29) is 5.41 Å². The van der Waals surface area contributed by atoms with Gasteiger partial charge in [-0.05, 0) is 55.4 Å². The van der Waals surface area contributed by atoms with Crippen LogP contribution in [0.5, 0.6) is 0 Å². The van der Waals surface area contributed by atoms with Crippen molar-refractivity contribution in [3.8, 4) is 6.07 Å². The van der Waals surface area contributed by atoms with Gasteiger partial charge in [-0.1, -0.05) is 19.9 Å². The van der Waals surface area contributed by atoms with E-state index in [2.05, 4.69) is 28.2 Å². The number of nitrogens with zero attached hydrogens (tertiary/aromatic N) is 3. The first-order valence-corrected chi connectivity index (χ1v) is 8.16. The van der Waals surface area contributed by atoms with Crippen molar-refractivity contribution in [3.63, 3.8) is 0 Å². The molecule has 0 radical (unpaired) electrons. The van der Waals surface area contributed by atoms with Crippen LogP contribution in [0, 0.1) is 11.3 Å². The molecule has 2 aromatic rings. The first kappa shape index (κ1) is 14.7. The predicted molar refractivity (Wildman–Crippen MR) is 86.6 cm³/mol. The molecule has 1 aromatic carbocycles. The van der Waals surface area contributed by atoms with Crippen molar-refractivity contribution in [2.24, 2.45) is 0 Å². The van der Waals surface area contributed by atoms with Crippen molar-refractivity contribution in [2.45, 2.75) is 51.4 Å². The summed E-state index contributed by atoms with van der Waals surface area (Å²) in [5.74, 6) is 0. The number of hydrogen-bond acceptors (Lipinski definition) is 3. The van der Waals surface area contributed by atoms with E-state index in [9.17, 15) is 0 Å². The summed E-state index contributed by atoms with van der Waals surface area (Å²) in [5.41, 5.74) is 6.12. The van der Waals surface area contributed by atoms with Crippen molar-refractivity contribution in [3.05, 3.63) is 58.7 Å². The molecule has 3 nitrogen and oxygen atoms in total. The predicted octanol–water partition coefficient (Wildman–Crippen LogP) is 3.94. The zero-order chi connectivity index (χ0) is 15.6. The Balaban J connectivity index is 0.000000693. The minimum atomic E-state index is 0.0954. The van der Waals surface area contributed by atoms with E-state index in [0.717, 1.165) is 24.8 Å². The molecule has 22 heavy (non-hydrogen) atoms. The van der Waals surface area contributed by atoms with Gasteiger partial charge in [0.1, 0.15) is 6.33 Å². The van der Waals surface area contributed by atoms with E-state index >= 15 is 0 Å². The van der Waals surface area contributed by atoms with Gasteiger partial charge in [-0.25, -0.2) is 9.97 Å². The Labute approximate surface area is 132 Å². The highest BCUT2D eigenvalue weighted by molar-refractivity contribution is 5.52. The Hall–Kier alpha value is -2.21. The maximum Gasteiger partial charge on any atom is 0.115 e. The zero-order valence-electron chi connectivity index (χ0n) is 13.3. The standard InChI is InChI=1S/C17H15N3.C2H6/c18-9-12-3-4-14-13(8-12)5-7-17(14)6-1-2-16-15(17)10-19-11-20-16;1-2/h3-4,8,10-11H,1-2,5-7H2;1-2H3. The largest absolute Gasteiger partial charge is 0.244 e. The van der Waals surface area contributed by atoms with Gasteiger partial charge in [0.05, 0.1) is 11.6 Å². The lowest BCUT2D eigenvalue weighted by molar-refractivity contribution is 0.418. The van der Waals surface area contributed by atoms with Crippen LogP contribution in [-0.4, -0.2) is 9.97 Å². The first-order chi connectivity index (χ1) is 10.8. The number of rotatable bonds is 0. The second kappa shape index (κ2) is 5.88. The number of nitriles is 1. The molecule has 0 aliphatic heterocycles. The molecule has 0 saturated carbocycles. The molecule has 0 amide bonds. The number of aromatic nitrogens is 2. The van der Waals surface area contributed by atoms with Gasteiger partial charge in [-0.2, -0.15) is 5.26 Å². The zero-order valence-corrected chi connectivity index (χ0v) is 13.3. The molecule has 3 heteroatoms. The van der Waals surface area contributed by atoms with Crippen LogP contribution < -0.4 is 0 Å². The maximum absolute atomic E-state index is 9.06. The van der Waals surface area contributed by atoms with Crippen molar-refractivity contribution in [1.29, 1.82) is 5.26 Å². The Morgan fingerprint density at radius 1 is 1.14 bits per heavy atom. The molecule has 0 saturated heterocycles. The van der Waals surface area contributed by atoms with Gasteiger partial charge in [0.25, 0.3) is 0 Å². The van der Waals surface area contributed by atoms with Crippen LogP contribution in [0.15, 0.2) is 30.7 Å². The number of aryl methyl sites for hydroxylation is 2. The smallest absolute Gasteiger partial charge is 0.115 e. The molecule has 1 spiro atoms. The van der Waals surface area contributed by atoms with Gasteiger partial charge < -0.3 is 0 Å². The maximum atomic E-state index is 9.06. The van der Waals surface area contributed by atoms with Crippen LogP contribution in [0.3, 0.4) is 0 Å². The molecule has 0 N–H and O–H groups in total. The molecule has 1 heterocycles. The minimum absolute atomic E-state index is 0.0954. The average molecular weight is 291 g/mol. The van der Waals surface area contributed by atoms with E-state index < -0.39 is 0 Å². The monoisotopic (exact) mass is 291 g/mol. The van der Waals surface area contributed by atoms with Crippen LogP contribution in [0.4, 0.5) is 0 Å². The molecule has 2 aliphatic rings. The summed E-state index contributed by atoms with van der Waals surface area (Å²) in [5, 5.41) is 9.06. The third-order valence-electron chi connectivity index (χ3n) is 4.90. The van der Waals surface area contributed by atoms with Gasteiger partial charge in [-0.15, -0.1) is 0 Å². The molecule has 2 aliphatic carbocycles. The lowest BCUT2D eigenvalue weighted by Gasteiger charge is -2.35. The molecule has 4 rings (SSSR count). The number of fused-ring (bicyclic) bond motifs is 4. The topological polar surface area (TPSA) is 49.6 Å². The van der Waals surface area contributed by atoms with E-state index in [4.69, 9.17) is 5.26 Å². The Bertz CT molecular complexity index is 730. The normalized spacial score (nSPS) is 21.3. The van der Waals surface area contributed by atoms with Crippen molar-refractivity contribution in [2.75, 3.05) is 0 Å². The summed E-state index contributed by atoms with van der Waals surface area (Å²) >= 11 is 0. The van der Waals surface area contributed by atoms with E-state index in [0.29, 0.717) is 0 Å². The van der Waals surface area contributed by atoms with Crippen LogP contribution in [0.25, 0.3) is 0 Å². The summed E-state index contributed by atoms with van der Waals surface area (Å²) in [6.07, 6.45) is 9.26. The molecule has 1 atom stereocenters. The van der Waals surface area contributed by atoms with Crippen LogP contribution in [-0.2, 0) is 18.3 Å². The van der Waals surface area contributed by atoms with Gasteiger partial charge in [-0.3, -0.25) is 0 Å². The molecular weight excluding hydrogens is 270 g/mol. The molecule has 0 fully saturated rings. The van der Waals surface area contributed by atoms with E-state index in [1.54, 1.807) is 6.33 Å². The van der Waals surface area contributed by atoms with Crippen molar-refractivity contribution >= 4 is 0 Å². The van der Waals surface area contributed by atoms with E-state index in [1.165, 1.54) is 35.2 Å². The number of hydrogen-bond donors (Lipinski definition) is 0. The summed E-state index contributed by atoms with van der Waals surface area (Å²) in [6, 6.07) is 8.40. The molecule has 1 unspecified atom stereocenters. The van der Waals surface area contributed by atoms with Crippen LogP contribution in [0.1, 0.15) is 61.1 Å². The lowest BCUT2D eigenvalue weighted by atomic mass is 9.68. The van der Waals surface area contributed by atoms with Gasteiger partial charge in [0, 0.05) is 22.9 Å². The average Bonchev–Trinajstić information content (AvgIpc) is 2.96. The third kappa shape index (κ3) is 2.11. The Kier molecular flexibility index (Phi) is 3.94. The second-order valence-corrected chi connectivity index (χ2v) is 5.80. The summed E-state index contributed by atoms with van der Waals surface area (Å²) in [4.78, 5) is 8.74. The molecular formula is C19H21N3. The highest BCUT2D eigenvalue weighted by atomic mass is 14.8. The summed E-state index contributed by atoms with van der Waals surface area (Å²) in [7, 11) is 0. The number of benzene rings is 1. The Morgan fingerprint density at radius 2 is 2.00 bits per heavy atom. The molecule has 0 bridgehead atoms. The Morgan fingerprint density at radius 3 is 2.82 bits per heavy atom. The molecule has 1 aromatic heterocycles. The molecule has 112 valence electrons. The SMILES string of the molecule is CC.N#Cc1ccc2c(c1)CCC21CCCc2ncncc21. The van der Waals surface area contributed by atoms with Crippen LogP contribution in [0.2, 0.25) is 0 Å². The van der Waals surface area contributed by atoms with Gasteiger partial charge in [0.15, 0.2) is 0 Å². The minimum Gasteiger partial charge on any atom is -0.244 e. The van der Waals surface area contributed by atoms with Crippen LogP contribution >= 0.6 is 0 Å². The highest BCUT2D eigenvalue weighted by Crippen LogP contribution is 2.50. The second-order valence-electron chi connectivity index (χ2n) is 5.80. The highest BCUT2D eigenvalue weighted by Gasteiger charge is 2.43. The van der Waals surface area contributed by atoms with Gasteiger partial charge >= 0.3 is 0 Å². The van der Waals surface area contributed by atoms with E-state index in [1.807, 2.05) is 26.1 Å². The quantitative estimate of drug-likeness (QED) is 0.738.